The Labute approximate surface area is 149 Å². The molecule has 0 radical (unpaired) electrons. The maximum Gasteiger partial charge on any atom is 0.306 e. The third-order valence-electron chi connectivity index (χ3n) is 4.21. The van der Waals surface area contributed by atoms with E-state index in [0.29, 0.717) is 0 Å². The second-order valence-electron chi connectivity index (χ2n) is 6.19. The molecule has 0 saturated heterocycles. The van der Waals surface area contributed by atoms with Gasteiger partial charge in [-0.25, -0.2) is 0 Å². The van der Waals surface area contributed by atoms with Gasteiger partial charge in [0.15, 0.2) is 6.61 Å². The lowest BCUT2D eigenvalue weighted by atomic mass is 9.98. The van der Waals surface area contributed by atoms with Crippen molar-refractivity contribution in [1.29, 1.82) is 0 Å². The minimum absolute atomic E-state index is 0.0554. The Kier molecular flexibility index (Phi) is 6.75. The predicted octanol–water partition coefficient (Wildman–Crippen LogP) is 4.23. The average Bonchev–Trinajstić information content (AvgIpc) is 2.62. The molecular formula is C21H25NO3. The van der Waals surface area contributed by atoms with Crippen LogP contribution in [0.1, 0.15) is 42.9 Å². The van der Waals surface area contributed by atoms with E-state index in [0.717, 1.165) is 28.8 Å². The molecule has 0 bridgehead atoms. The first-order valence-electron chi connectivity index (χ1n) is 8.60. The summed E-state index contributed by atoms with van der Waals surface area (Å²) in [5, 5.41) is 2.85. The van der Waals surface area contributed by atoms with Gasteiger partial charge >= 0.3 is 5.97 Å². The predicted molar refractivity (Wildman–Crippen MR) is 99.6 cm³/mol. The van der Waals surface area contributed by atoms with E-state index in [1.165, 1.54) is 0 Å². The number of aryl methyl sites for hydroxylation is 2. The second-order valence-corrected chi connectivity index (χ2v) is 6.19. The van der Waals surface area contributed by atoms with Crippen LogP contribution in [0.4, 0.5) is 5.69 Å². The second kappa shape index (κ2) is 9.02. The molecule has 0 heterocycles. The maximum absolute atomic E-state index is 12.1. The molecule has 0 aliphatic rings. The van der Waals surface area contributed by atoms with Gasteiger partial charge in [0.1, 0.15) is 0 Å². The smallest absolute Gasteiger partial charge is 0.306 e. The molecule has 1 atom stereocenters. The summed E-state index contributed by atoms with van der Waals surface area (Å²) >= 11 is 0. The van der Waals surface area contributed by atoms with E-state index in [2.05, 4.69) is 5.32 Å². The van der Waals surface area contributed by atoms with Crippen LogP contribution in [0.3, 0.4) is 0 Å². The zero-order valence-corrected chi connectivity index (χ0v) is 15.0. The number of esters is 1. The number of rotatable bonds is 7. The fraction of sp³-hybridized carbons (Fsp3) is 0.333. The van der Waals surface area contributed by atoms with E-state index >= 15 is 0 Å². The minimum atomic E-state index is -0.369. The molecule has 0 spiro atoms. The number of ether oxygens (including phenoxy) is 1. The molecule has 1 amide bonds. The monoisotopic (exact) mass is 339 g/mol. The molecule has 0 aromatic heterocycles. The molecule has 2 aromatic carbocycles. The molecule has 4 nitrogen and oxygen atoms in total. The molecule has 1 N–H and O–H groups in total. The molecule has 0 aliphatic heterocycles. The van der Waals surface area contributed by atoms with Crippen molar-refractivity contribution >= 4 is 17.6 Å². The van der Waals surface area contributed by atoms with Gasteiger partial charge < -0.3 is 10.1 Å². The Hall–Kier alpha value is -2.62. The van der Waals surface area contributed by atoms with Gasteiger partial charge in [-0.1, -0.05) is 62.4 Å². The summed E-state index contributed by atoms with van der Waals surface area (Å²) in [6.07, 6.45) is 1.08. The van der Waals surface area contributed by atoms with Gasteiger partial charge in [-0.3, -0.25) is 9.59 Å². The average molecular weight is 339 g/mol. The lowest BCUT2D eigenvalue weighted by molar-refractivity contribution is -0.147. The van der Waals surface area contributed by atoms with Crippen LogP contribution in [-0.2, 0) is 20.7 Å². The summed E-state index contributed by atoms with van der Waals surface area (Å²) in [5.74, 6) is -0.628. The van der Waals surface area contributed by atoms with Gasteiger partial charge in [-0.05, 0) is 36.0 Å². The fourth-order valence-electron chi connectivity index (χ4n) is 2.73. The summed E-state index contributed by atoms with van der Waals surface area (Å²) in [6, 6.07) is 15.7. The Bertz CT molecular complexity index is 725. The first-order chi connectivity index (χ1) is 12.0. The number of amides is 1. The van der Waals surface area contributed by atoms with Crippen molar-refractivity contribution < 1.29 is 14.3 Å². The maximum atomic E-state index is 12.1. The van der Waals surface area contributed by atoms with Gasteiger partial charge in [0.2, 0.25) is 0 Å². The Balaban J connectivity index is 1.85. The Morgan fingerprint density at radius 3 is 2.48 bits per heavy atom. The quantitative estimate of drug-likeness (QED) is 0.768. The zero-order chi connectivity index (χ0) is 18.2. The van der Waals surface area contributed by atoms with Crippen molar-refractivity contribution in [3.8, 4) is 0 Å². The van der Waals surface area contributed by atoms with Crippen LogP contribution in [-0.4, -0.2) is 18.5 Å². The highest BCUT2D eigenvalue weighted by molar-refractivity contribution is 5.94. The number of benzene rings is 2. The first kappa shape index (κ1) is 18.7. The number of hydrogen-bond acceptors (Lipinski definition) is 3. The largest absolute Gasteiger partial charge is 0.456 e. The van der Waals surface area contributed by atoms with Crippen LogP contribution < -0.4 is 5.32 Å². The molecule has 0 aliphatic carbocycles. The fourth-order valence-corrected chi connectivity index (χ4v) is 2.73. The van der Waals surface area contributed by atoms with Crippen LogP contribution in [0.25, 0.3) is 0 Å². The number of anilines is 1. The van der Waals surface area contributed by atoms with E-state index in [1.807, 2.05) is 69.3 Å². The summed E-state index contributed by atoms with van der Waals surface area (Å²) in [6.45, 7) is 5.69. The van der Waals surface area contributed by atoms with Crippen LogP contribution in [0.5, 0.6) is 0 Å². The summed E-state index contributed by atoms with van der Waals surface area (Å²) in [4.78, 5) is 24.1. The summed E-state index contributed by atoms with van der Waals surface area (Å²) in [7, 11) is 0. The molecule has 0 saturated carbocycles. The highest BCUT2D eigenvalue weighted by Crippen LogP contribution is 2.21. The van der Waals surface area contributed by atoms with E-state index in [9.17, 15) is 9.59 Å². The van der Waals surface area contributed by atoms with Crippen molar-refractivity contribution in [3.05, 3.63) is 65.2 Å². The van der Waals surface area contributed by atoms with Gasteiger partial charge in [0.25, 0.3) is 5.91 Å². The number of carbonyl (C=O) groups is 2. The SMILES string of the molecule is CCc1cccc(C)c1NC(=O)COC(=O)C[C@@H](C)c1ccccc1. The zero-order valence-electron chi connectivity index (χ0n) is 15.0. The molecule has 4 heteroatoms. The summed E-state index contributed by atoms with van der Waals surface area (Å²) < 4.78 is 5.13. The lowest BCUT2D eigenvalue weighted by Crippen LogP contribution is -2.22. The molecule has 25 heavy (non-hydrogen) atoms. The van der Waals surface area contributed by atoms with Crippen LogP contribution >= 0.6 is 0 Å². The molecule has 2 rings (SSSR count). The number of nitrogens with one attached hydrogen (secondary N) is 1. The van der Waals surface area contributed by atoms with Crippen molar-refractivity contribution in [2.75, 3.05) is 11.9 Å². The standard InChI is InChI=1S/C21H25NO3/c1-4-17-12-8-9-15(2)21(17)22-19(23)14-25-20(24)13-16(3)18-10-6-5-7-11-18/h5-12,16H,4,13-14H2,1-3H3,(H,22,23)/t16-/m1/s1. The van der Waals surface area contributed by atoms with Crippen LogP contribution in [0.2, 0.25) is 0 Å². The molecule has 132 valence electrons. The van der Waals surface area contributed by atoms with E-state index < -0.39 is 0 Å². The number of hydrogen-bond donors (Lipinski definition) is 1. The molecular weight excluding hydrogens is 314 g/mol. The van der Waals surface area contributed by atoms with Crippen molar-refractivity contribution in [1.82, 2.24) is 0 Å². The molecule has 2 aromatic rings. The van der Waals surface area contributed by atoms with Gasteiger partial charge in [0.05, 0.1) is 6.42 Å². The van der Waals surface area contributed by atoms with Crippen molar-refractivity contribution in [2.24, 2.45) is 0 Å². The van der Waals surface area contributed by atoms with Crippen LogP contribution in [0.15, 0.2) is 48.5 Å². The number of para-hydroxylation sites is 1. The van der Waals surface area contributed by atoms with Crippen LogP contribution in [0, 0.1) is 6.92 Å². The van der Waals surface area contributed by atoms with Crippen molar-refractivity contribution in [2.45, 2.75) is 39.5 Å². The van der Waals surface area contributed by atoms with Gasteiger partial charge in [-0.2, -0.15) is 0 Å². The highest BCUT2D eigenvalue weighted by Gasteiger charge is 2.14. The molecule has 0 unspecified atom stereocenters. The normalized spacial score (nSPS) is 11.6. The van der Waals surface area contributed by atoms with E-state index in [-0.39, 0.29) is 30.8 Å². The number of carbonyl (C=O) groups excluding carboxylic acids is 2. The third-order valence-corrected chi connectivity index (χ3v) is 4.21. The van der Waals surface area contributed by atoms with Gasteiger partial charge in [-0.15, -0.1) is 0 Å². The minimum Gasteiger partial charge on any atom is -0.456 e. The topological polar surface area (TPSA) is 55.4 Å². The lowest BCUT2D eigenvalue weighted by Gasteiger charge is -2.14. The van der Waals surface area contributed by atoms with Crippen molar-refractivity contribution in [3.63, 3.8) is 0 Å². The van der Waals surface area contributed by atoms with E-state index in [1.54, 1.807) is 0 Å². The molecule has 0 fully saturated rings. The highest BCUT2D eigenvalue weighted by atomic mass is 16.5. The van der Waals surface area contributed by atoms with Gasteiger partial charge in [0, 0.05) is 5.69 Å². The Morgan fingerprint density at radius 1 is 1.08 bits per heavy atom. The first-order valence-corrected chi connectivity index (χ1v) is 8.60. The van der Waals surface area contributed by atoms with E-state index in [4.69, 9.17) is 4.74 Å². The Morgan fingerprint density at radius 2 is 1.80 bits per heavy atom. The third kappa shape index (κ3) is 5.45. The summed E-state index contributed by atoms with van der Waals surface area (Å²) in [5.41, 5.74) is 3.95.